The van der Waals surface area contributed by atoms with Crippen LogP contribution in [-0.4, -0.2) is 10.8 Å². The lowest BCUT2D eigenvalue weighted by atomic mass is 10.1. The van der Waals surface area contributed by atoms with Crippen LogP contribution in [0.15, 0.2) is 53.8 Å². The predicted molar refractivity (Wildman–Crippen MR) is 74.7 cm³/mol. The molecule has 3 nitrogen and oxygen atoms in total. The molecule has 5 heteroatoms. The van der Waals surface area contributed by atoms with Gasteiger partial charge in [-0.25, -0.2) is 8.78 Å². The van der Waals surface area contributed by atoms with E-state index in [2.05, 4.69) is 9.98 Å². The molecule has 104 valence electrons. The molecule has 2 N–H and O–H groups in total. The molecule has 0 radical (unpaired) electrons. The van der Waals surface area contributed by atoms with E-state index in [1.54, 1.807) is 30.6 Å². The summed E-state index contributed by atoms with van der Waals surface area (Å²) in [6, 6.07) is 9.66. The highest BCUT2D eigenvalue weighted by molar-refractivity contribution is 5.97. The molecule has 1 heterocycles. The molecule has 0 aliphatic heterocycles. The minimum Gasteiger partial charge on any atom is -0.383 e. The minimum atomic E-state index is -2.82. The topological polar surface area (TPSA) is 51.3 Å². The maximum Gasteiger partial charge on any atom is 0.270 e. The van der Waals surface area contributed by atoms with Gasteiger partial charge in [0.1, 0.15) is 5.84 Å². The second kappa shape index (κ2) is 5.77. The number of hydrogen-bond donors (Lipinski definition) is 1. The smallest absolute Gasteiger partial charge is 0.270 e. The Bertz CT molecular complexity index is 587. The zero-order valence-corrected chi connectivity index (χ0v) is 11.1. The van der Waals surface area contributed by atoms with Crippen LogP contribution in [0.2, 0.25) is 0 Å². The maximum atomic E-state index is 13.1. The first-order valence-electron chi connectivity index (χ1n) is 6.14. The van der Waals surface area contributed by atoms with Gasteiger partial charge in [-0.2, -0.15) is 0 Å². The fourth-order valence-corrected chi connectivity index (χ4v) is 1.68. The second-order valence-corrected chi connectivity index (χ2v) is 4.53. The van der Waals surface area contributed by atoms with Crippen molar-refractivity contribution >= 4 is 5.84 Å². The van der Waals surface area contributed by atoms with Gasteiger partial charge in [0.05, 0.1) is 6.54 Å². The molecule has 0 atom stereocenters. The van der Waals surface area contributed by atoms with Gasteiger partial charge in [-0.1, -0.05) is 24.3 Å². The molecule has 1 aromatic carbocycles. The number of benzene rings is 1. The summed E-state index contributed by atoms with van der Waals surface area (Å²) in [5.74, 6) is -2.45. The van der Waals surface area contributed by atoms with E-state index in [0.717, 1.165) is 18.1 Å². The molecule has 0 aliphatic carbocycles. The van der Waals surface area contributed by atoms with Crippen molar-refractivity contribution < 1.29 is 8.78 Å². The molecule has 20 heavy (non-hydrogen) atoms. The third-order valence-electron chi connectivity index (χ3n) is 2.85. The van der Waals surface area contributed by atoms with Crippen molar-refractivity contribution in [1.29, 1.82) is 0 Å². The number of nitrogens with two attached hydrogens (primary N) is 1. The Morgan fingerprint density at radius 2 is 1.95 bits per heavy atom. The number of nitrogens with zero attached hydrogens (tertiary/aromatic N) is 2. The van der Waals surface area contributed by atoms with Crippen molar-refractivity contribution in [2.24, 2.45) is 10.7 Å². The Kier molecular flexibility index (Phi) is 4.08. The first-order valence-corrected chi connectivity index (χ1v) is 6.14. The van der Waals surface area contributed by atoms with Crippen LogP contribution >= 0.6 is 0 Å². The maximum absolute atomic E-state index is 13.1. The Morgan fingerprint density at radius 1 is 1.25 bits per heavy atom. The Labute approximate surface area is 116 Å². The van der Waals surface area contributed by atoms with Crippen LogP contribution in [0, 0.1) is 0 Å². The molecular formula is C15H15F2N3. The number of rotatable bonds is 4. The summed E-state index contributed by atoms with van der Waals surface area (Å²) in [4.78, 5) is 8.18. The average Bonchev–Trinajstić information content (AvgIpc) is 2.45. The summed E-state index contributed by atoms with van der Waals surface area (Å²) in [5.41, 5.74) is 7.39. The number of aromatic nitrogens is 1. The summed E-state index contributed by atoms with van der Waals surface area (Å²) in [7, 11) is 0. The molecule has 0 fully saturated rings. The van der Waals surface area contributed by atoms with Crippen molar-refractivity contribution in [2.75, 3.05) is 0 Å². The van der Waals surface area contributed by atoms with Crippen LogP contribution in [0.1, 0.15) is 23.6 Å². The molecule has 0 aliphatic rings. The Hall–Kier alpha value is -2.30. The highest BCUT2D eigenvalue weighted by Gasteiger charge is 2.23. The summed E-state index contributed by atoms with van der Waals surface area (Å²) < 4.78 is 26.1. The lowest BCUT2D eigenvalue weighted by molar-refractivity contribution is 0.0174. The zero-order chi connectivity index (χ0) is 14.6. The van der Waals surface area contributed by atoms with Crippen LogP contribution in [0.4, 0.5) is 8.78 Å². The van der Waals surface area contributed by atoms with Gasteiger partial charge in [-0.3, -0.25) is 9.98 Å². The van der Waals surface area contributed by atoms with Gasteiger partial charge in [0, 0.05) is 30.4 Å². The third kappa shape index (κ3) is 3.60. The number of hydrogen-bond acceptors (Lipinski definition) is 2. The van der Waals surface area contributed by atoms with E-state index in [4.69, 9.17) is 5.73 Å². The first-order chi connectivity index (χ1) is 9.47. The van der Waals surface area contributed by atoms with Gasteiger partial charge in [0.25, 0.3) is 5.92 Å². The van der Waals surface area contributed by atoms with E-state index in [1.165, 1.54) is 12.1 Å². The van der Waals surface area contributed by atoms with Crippen molar-refractivity contribution in [1.82, 2.24) is 4.98 Å². The van der Waals surface area contributed by atoms with Crippen molar-refractivity contribution in [3.05, 3.63) is 65.5 Å². The van der Waals surface area contributed by atoms with Crippen LogP contribution in [0.5, 0.6) is 0 Å². The molecule has 0 bridgehead atoms. The largest absolute Gasteiger partial charge is 0.383 e. The number of alkyl halides is 2. The summed E-state index contributed by atoms with van der Waals surface area (Å²) in [6.45, 7) is 1.22. The second-order valence-electron chi connectivity index (χ2n) is 4.53. The van der Waals surface area contributed by atoms with E-state index in [1.807, 2.05) is 6.07 Å². The van der Waals surface area contributed by atoms with E-state index >= 15 is 0 Å². The van der Waals surface area contributed by atoms with Gasteiger partial charge >= 0.3 is 0 Å². The van der Waals surface area contributed by atoms with Crippen molar-refractivity contribution in [2.45, 2.75) is 19.4 Å². The monoisotopic (exact) mass is 275 g/mol. The average molecular weight is 275 g/mol. The van der Waals surface area contributed by atoms with Gasteiger partial charge in [0.2, 0.25) is 0 Å². The Morgan fingerprint density at radius 3 is 2.50 bits per heavy atom. The van der Waals surface area contributed by atoms with E-state index < -0.39 is 5.92 Å². The molecule has 0 saturated heterocycles. The molecule has 2 aromatic rings. The standard InChI is InChI=1S/C15H15F2N3/c1-15(16,17)13-6-4-11(5-7-13)9-20-14(18)12-3-2-8-19-10-12/h2-8,10H,9H2,1H3,(H2,18,20). The van der Waals surface area contributed by atoms with E-state index in [9.17, 15) is 8.78 Å². The fourth-order valence-electron chi connectivity index (χ4n) is 1.68. The normalized spacial score (nSPS) is 12.4. The molecular weight excluding hydrogens is 260 g/mol. The van der Waals surface area contributed by atoms with E-state index in [-0.39, 0.29) is 5.56 Å². The van der Waals surface area contributed by atoms with Crippen molar-refractivity contribution in [3.8, 4) is 0 Å². The SMILES string of the molecule is CC(F)(F)c1ccc(CN=C(N)c2cccnc2)cc1. The fraction of sp³-hybridized carbons (Fsp3) is 0.200. The Balaban J connectivity index is 2.08. The predicted octanol–water partition coefficient (Wildman–Crippen LogP) is 3.10. The zero-order valence-electron chi connectivity index (χ0n) is 11.1. The summed E-state index contributed by atoms with van der Waals surface area (Å²) in [5, 5.41) is 0. The van der Waals surface area contributed by atoms with Gasteiger partial charge in [-0.15, -0.1) is 0 Å². The van der Waals surface area contributed by atoms with Gasteiger partial charge < -0.3 is 5.73 Å². The lowest BCUT2D eigenvalue weighted by Crippen LogP contribution is -2.13. The lowest BCUT2D eigenvalue weighted by Gasteiger charge is -2.10. The van der Waals surface area contributed by atoms with Crippen LogP contribution in [-0.2, 0) is 12.5 Å². The molecule has 0 amide bonds. The summed E-state index contributed by atoms with van der Waals surface area (Å²) >= 11 is 0. The van der Waals surface area contributed by atoms with Gasteiger partial charge in [0.15, 0.2) is 0 Å². The van der Waals surface area contributed by atoms with Gasteiger partial charge in [-0.05, 0) is 17.7 Å². The number of pyridine rings is 1. The molecule has 2 rings (SSSR count). The van der Waals surface area contributed by atoms with Crippen LogP contribution in [0.25, 0.3) is 0 Å². The number of amidine groups is 1. The number of halogens is 2. The highest BCUT2D eigenvalue weighted by atomic mass is 19.3. The quantitative estimate of drug-likeness (QED) is 0.688. The first kappa shape index (κ1) is 14.1. The highest BCUT2D eigenvalue weighted by Crippen LogP contribution is 2.26. The van der Waals surface area contributed by atoms with E-state index in [0.29, 0.717) is 12.4 Å². The van der Waals surface area contributed by atoms with Crippen LogP contribution in [0.3, 0.4) is 0 Å². The summed E-state index contributed by atoms with van der Waals surface area (Å²) in [6.07, 6.45) is 3.28. The van der Waals surface area contributed by atoms with Crippen LogP contribution < -0.4 is 5.73 Å². The minimum absolute atomic E-state index is 0.00883. The molecule has 0 unspecified atom stereocenters. The molecule has 0 saturated carbocycles. The third-order valence-corrected chi connectivity index (χ3v) is 2.85. The van der Waals surface area contributed by atoms with Crippen molar-refractivity contribution in [3.63, 3.8) is 0 Å². The number of aliphatic imine (C=N–C) groups is 1. The molecule has 0 spiro atoms. The molecule has 1 aromatic heterocycles.